The minimum Gasteiger partial charge on any atom is -0.489 e. The molecule has 0 spiro atoms. The second-order valence-electron chi connectivity index (χ2n) is 8.22. The molecule has 3 amide bonds. The molecule has 3 rings (SSSR count). The molecule has 2 aromatic carbocycles. The van der Waals surface area contributed by atoms with Crippen LogP contribution in [0.5, 0.6) is 5.75 Å². The van der Waals surface area contributed by atoms with Crippen molar-refractivity contribution in [1.82, 2.24) is 10.6 Å². The summed E-state index contributed by atoms with van der Waals surface area (Å²) < 4.78 is 5.77. The van der Waals surface area contributed by atoms with Gasteiger partial charge in [0.15, 0.2) is 0 Å². The highest BCUT2D eigenvalue weighted by molar-refractivity contribution is 5.93. The monoisotopic (exact) mass is 438 g/mol. The number of urea groups is 1. The minimum atomic E-state index is -0.573. The van der Waals surface area contributed by atoms with Gasteiger partial charge in [0.25, 0.3) is 0 Å². The van der Waals surface area contributed by atoms with Crippen LogP contribution < -0.4 is 26.4 Å². The van der Waals surface area contributed by atoms with Crippen LogP contribution in [0.25, 0.3) is 0 Å². The first-order valence-electron chi connectivity index (χ1n) is 11.5. The van der Waals surface area contributed by atoms with Crippen LogP contribution in [-0.4, -0.2) is 30.6 Å². The average Bonchev–Trinajstić information content (AvgIpc) is 3.32. The number of hydrogen-bond acceptors (Lipinski definition) is 4. The molecule has 0 aromatic heterocycles. The van der Waals surface area contributed by atoms with Crippen molar-refractivity contribution in [3.8, 4) is 5.75 Å². The third-order valence-electron chi connectivity index (χ3n) is 5.63. The van der Waals surface area contributed by atoms with Gasteiger partial charge < -0.3 is 26.4 Å². The predicted molar refractivity (Wildman–Crippen MR) is 126 cm³/mol. The SMILES string of the molecule is NCCCC[C@H](NC(=O)Nc1ccc(OCc2ccccc2)cc1)C(=O)NC1CCCC1. The van der Waals surface area contributed by atoms with E-state index in [0.717, 1.165) is 49.8 Å². The second-order valence-corrected chi connectivity index (χ2v) is 8.22. The van der Waals surface area contributed by atoms with Gasteiger partial charge in [0.1, 0.15) is 18.4 Å². The molecule has 2 aromatic rings. The van der Waals surface area contributed by atoms with Gasteiger partial charge in [-0.2, -0.15) is 0 Å². The van der Waals surface area contributed by atoms with E-state index in [1.165, 1.54) is 0 Å². The fourth-order valence-corrected chi connectivity index (χ4v) is 3.83. The van der Waals surface area contributed by atoms with Crippen LogP contribution in [0, 0.1) is 0 Å². The van der Waals surface area contributed by atoms with E-state index in [2.05, 4.69) is 16.0 Å². The van der Waals surface area contributed by atoms with Crippen molar-refractivity contribution in [2.24, 2.45) is 5.73 Å². The highest BCUT2D eigenvalue weighted by atomic mass is 16.5. The van der Waals surface area contributed by atoms with Crippen molar-refractivity contribution in [2.45, 2.75) is 63.6 Å². The summed E-state index contributed by atoms with van der Waals surface area (Å²) in [6, 6.07) is 16.4. The Morgan fingerprint density at radius 3 is 2.41 bits per heavy atom. The van der Waals surface area contributed by atoms with Crippen LogP contribution in [0.2, 0.25) is 0 Å². The highest BCUT2D eigenvalue weighted by Gasteiger charge is 2.24. The van der Waals surface area contributed by atoms with E-state index in [9.17, 15) is 9.59 Å². The number of unbranched alkanes of at least 4 members (excludes halogenated alkanes) is 1. The molecule has 1 fully saturated rings. The molecule has 0 heterocycles. The van der Waals surface area contributed by atoms with Crippen molar-refractivity contribution in [3.63, 3.8) is 0 Å². The summed E-state index contributed by atoms with van der Waals surface area (Å²) >= 11 is 0. The first-order chi connectivity index (χ1) is 15.6. The molecule has 0 radical (unpaired) electrons. The molecule has 0 aliphatic heterocycles. The van der Waals surface area contributed by atoms with E-state index in [1.54, 1.807) is 12.1 Å². The molecular formula is C25H34N4O3. The Morgan fingerprint density at radius 2 is 1.72 bits per heavy atom. The lowest BCUT2D eigenvalue weighted by molar-refractivity contribution is -0.123. The molecule has 7 heteroatoms. The Labute approximate surface area is 190 Å². The van der Waals surface area contributed by atoms with Crippen molar-refractivity contribution in [1.29, 1.82) is 0 Å². The quantitative estimate of drug-likeness (QED) is 0.399. The lowest BCUT2D eigenvalue weighted by atomic mass is 10.1. The molecule has 172 valence electrons. The van der Waals surface area contributed by atoms with E-state index in [0.29, 0.717) is 25.3 Å². The normalized spacial score (nSPS) is 14.5. The minimum absolute atomic E-state index is 0.117. The Hall–Kier alpha value is -3.06. The van der Waals surface area contributed by atoms with Gasteiger partial charge in [-0.1, -0.05) is 43.2 Å². The smallest absolute Gasteiger partial charge is 0.319 e. The first-order valence-corrected chi connectivity index (χ1v) is 11.5. The Kier molecular flexibility index (Phi) is 9.37. The summed E-state index contributed by atoms with van der Waals surface area (Å²) in [5, 5.41) is 8.71. The fourth-order valence-electron chi connectivity index (χ4n) is 3.83. The first kappa shape index (κ1) is 23.6. The summed E-state index contributed by atoms with van der Waals surface area (Å²) in [6.07, 6.45) is 6.46. The Balaban J connectivity index is 1.49. The third kappa shape index (κ3) is 7.89. The van der Waals surface area contributed by atoms with Gasteiger partial charge in [-0.25, -0.2) is 4.79 Å². The Morgan fingerprint density at radius 1 is 1.00 bits per heavy atom. The van der Waals surface area contributed by atoms with Crippen molar-refractivity contribution in [3.05, 3.63) is 60.2 Å². The molecule has 32 heavy (non-hydrogen) atoms. The molecule has 7 nitrogen and oxygen atoms in total. The van der Waals surface area contributed by atoms with Gasteiger partial charge in [0.05, 0.1) is 0 Å². The van der Waals surface area contributed by atoms with Crippen LogP contribution in [0.3, 0.4) is 0 Å². The average molecular weight is 439 g/mol. The van der Waals surface area contributed by atoms with Crippen molar-refractivity contribution >= 4 is 17.6 Å². The van der Waals surface area contributed by atoms with E-state index in [4.69, 9.17) is 10.5 Å². The van der Waals surface area contributed by atoms with E-state index >= 15 is 0 Å². The number of anilines is 1. The van der Waals surface area contributed by atoms with E-state index in [-0.39, 0.29) is 11.9 Å². The number of hydrogen-bond donors (Lipinski definition) is 4. The van der Waals surface area contributed by atoms with Crippen LogP contribution in [0.1, 0.15) is 50.5 Å². The summed E-state index contributed by atoms with van der Waals surface area (Å²) in [4.78, 5) is 25.2. The lowest BCUT2D eigenvalue weighted by Gasteiger charge is -2.21. The van der Waals surface area contributed by atoms with Crippen LogP contribution in [0.15, 0.2) is 54.6 Å². The zero-order valence-electron chi connectivity index (χ0n) is 18.5. The zero-order chi connectivity index (χ0) is 22.6. The summed E-state index contributed by atoms with van der Waals surface area (Å²) in [5.74, 6) is 0.601. The molecule has 0 unspecified atom stereocenters. The number of benzene rings is 2. The largest absolute Gasteiger partial charge is 0.489 e. The molecule has 0 saturated heterocycles. The maximum atomic E-state index is 12.7. The second kappa shape index (κ2) is 12.7. The number of ether oxygens (including phenoxy) is 1. The maximum absolute atomic E-state index is 12.7. The number of carbonyl (C=O) groups excluding carboxylic acids is 2. The zero-order valence-corrected chi connectivity index (χ0v) is 18.5. The number of rotatable bonds is 11. The lowest BCUT2D eigenvalue weighted by Crippen LogP contribution is -2.50. The van der Waals surface area contributed by atoms with E-state index in [1.807, 2.05) is 42.5 Å². The van der Waals surface area contributed by atoms with Crippen LogP contribution in [0.4, 0.5) is 10.5 Å². The van der Waals surface area contributed by atoms with Crippen LogP contribution in [-0.2, 0) is 11.4 Å². The van der Waals surface area contributed by atoms with Gasteiger partial charge in [-0.3, -0.25) is 4.79 Å². The molecule has 1 aliphatic carbocycles. The van der Waals surface area contributed by atoms with Crippen molar-refractivity contribution in [2.75, 3.05) is 11.9 Å². The summed E-state index contributed by atoms with van der Waals surface area (Å²) in [6.45, 7) is 1.05. The van der Waals surface area contributed by atoms with Crippen molar-refractivity contribution < 1.29 is 14.3 Å². The predicted octanol–water partition coefficient (Wildman–Crippen LogP) is 3.94. The molecule has 0 bridgehead atoms. The fraction of sp³-hybridized carbons (Fsp3) is 0.440. The van der Waals surface area contributed by atoms with Crippen LogP contribution >= 0.6 is 0 Å². The standard InChI is InChI=1S/C25H34N4O3/c26-17-7-6-12-23(24(30)27-20-10-4-5-11-20)29-25(31)28-21-13-15-22(16-14-21)32-18-19-8-2-1-3-9-19/h1-3,8-9,13-16,20,23H,4-7,10-12,17-18,26H2,(H,27,30)(H2,28,29,31)/t23-/m0/s1. The highest BCUT2D eigenvalue weighted by Crippen LogP contribution is 2.19. The molecule has 1 saturated carbocycles. The maximum Gasteiger partial charge on any atom is 0.319 e. The number of nitrogens with two attached hydrogens (primary N) is 1. The molecule has 1 aliphatic rings. The third-order valence-corrected chi connectivity index (χ3v) is 5.63. The van der Waals surface area contributed by atoms with Gasteiger partial charge in [0.2, 0.25) is 5.91 Å². The molecule has 1 atom stereocenters. The summed E-state index contributed by atoms with van der Waals surface area (Å²) in [7, 11) is 0. The number of carbonyl (C=O) groups is 2. The Bertz CT molecular complexity index is 836. The summed E-state index contributed by atoms with van der Waals surface area (Å²) in [5.41, 5.74) is 7.30. The molecular weight excluding hydrogens is 404 g/mol. The van der Waals surface area contributed by atoms with Gasteiger partial charge in [-0.05, 0) is 68.5 Å². The van der Waals surface area contributed by atoms with Gasteiger partial charge >= 0.3 is 6.03 Å². The topological polar surface area (TPSA) is 105 Å². The number of amides is 3. The van der Waals surface area contributed by atoms with Gasteiger partial charge in [-0.15, -0.1) is 0 Å². The van der Waals surface area contributed by atoms with Gasteiger partial charge in [0, 0.05) is 11.7 Å². The molecule has 5 N–H and O–H groups in total. The number of nitrogens with one attached hydrogen (secondary N) is 3. The van der Waals surface area contributed by atoms with E-state index < -0.39 is 12.1 Å².